The summed E-state index contributed by atoms with van der Waals surface area (Å²) in [5, 5.41) is 2.66. The van der Waals surface area contributed by atoms with Gasteiger partial charge in [-0.15, -0.1) is 0 Å². The number of amides is 1. The molecule has 1 amide bonds. The number of hydrogen-bond donors (Lipinski definition) is 1. The lowest BCUT2D eigenvalue weighted by Crippen LogP contribution is -2.34. The fourth-order valence-electron chi connectivity index (χ4n) is 3.54. The number of nitrogens with one attached hydrogen (secondary N) is 1. The fourth-order valence-corrected chi connectivity index (χ4v) is 3.54. The average molecular weight is 427 g/mol. The molecule has 1 aliphatic rings. The summed E-state index contributed by atoms with van der Waals surface area (Å²) < 4.78 is 44.5. The van der Waals surface area contributed by atoms with Crippen molar-refractivity contribution >= 4 is 5.91 Å². The number of halogens is 3. The SMILES string of the molecule is Cc1cnc(C)c(-c2ccc3c(c2)CC(CNC(=O)c2cccc(C(F)(F)F)c2)O3)n1. The summed E-state index contributed by atoms with van der Waals surface area (Å²) in [7, 11) is 0. The first kappa shape index (κ1) is 20.8. The van der Waals surface area contributed by atoms with Crippen LogP contribution in [0.4, 0.5) is 13.2 Å². The van der Waals surface area contributed by atoms with Crippen molar-refractivity contribution in [3.63, 3.8) is 0 Å². The van der Waals surface area contributed by atoms with Gasteiger partial charge in [0.1, 0.15) is 11.9 Å². The number of benzene rings is 2. The maximum atomic E-state index is 12.9. The molecule has 0 saturated carbocycles. The minimum atomic E-state index is -4.50. The number of hydrogen-bond acceptors (Lipinski definition) is 4. The third-order valence-corrected chi connectivity index (χ3v) is 5.09. The lowest BCUT2D eigenvalue weighted by molar-refractivity contribution is -0.137. The van der Waals surface area contributed by atoms with Crippen molar-refractivity contribution < 1.29 is 22.7 Å². The normalized spacial score (nSPS) is 15.3. The van der Waals surface area contributed by atoms with Gasteiger partial charge in [0.2, 0.25) is 0 Å². The molecule has 4 rings (SSSR count). The second-order valence-corrected chi connectivity index (χ2v) is 7.50. The summed E-state index contributed by atoms with van der Waals surface area (Å²) >= 11 is 0. The molecule has 8 heteroatoms. The number of carbonyl (C=O) groups excluding carboxylic acids is 1. The van der Waals surface area contributed by atoms with Gasteiger partial charge >= 0.3 is 6.18 Å². The van der Waals surface area contributed by atoms with Crippen molar-refractivity contribution in [1.82, 2.24) is 15.3 Å². The van der Waals surface area contributed by atoms with E-state index in [0.29, 0.717) is 6.42 Å². The highest BCUT2D eigenvalue weighted by Gasteiger charge is 2.31. The van der Waals surface area contributed by atoms with E-state index in [1.54, 1.807) is 6.20 Å². The van der Waals surface area contributed by atoms with Crippen molar-refractivity contribution in [2.45, 2.75) is 32.5 Å². The molecule has 31 heavy (non-hydrogen) atoms. The third-order valence-electron chi connectivity index (χ3n) is 5.09. The van der Waals surface area contributed by atoms with Gasteiger partial charge in [-0.25, -0.2) is 4.98 Å². The molecule has 0 spiro atoms. The van der Waals surface area contributed by atoms with Crippen LogP contribution < -0.4 is 10.1 Å². The number of rotatable bonds is 4. The van der Waals surface area contributed by atoms with E-state index in [2.05, 4.69) is 15.3 Å². The van der Waals surface area contributed by atoms with Crippen molar-refractivity contribution in [2.24, 2.45) is 0 Å². The van der Waals surface area contributed by atoms with Gasteiger partial charge < -0.3 is 10.1 Å². The van der Waals surface area contributed by atoms with E-state index < -0.39 is 17.6 Å². The van der Waals surface area contributed by atoms with Crippen molar-refractivity contribution in [2.75, 3.05) is 6.54 Å². The smallest absolute Gasteiger partial charge is 0.416 e. The third kappa shape index (κ3) is 4.52. The molecule has 0 aliphatic carbocycles. The van der Waals surface area contributed by atoms with E-state index in [-0.39, 0.29) is 18.2 Å². The van der Waals surface area contributed by atoms with Crippen LogP contribution in [0.3, 0.4) is 0 Å². The maximum Gasteiger partial charge on any atom is 0.416 e. The maximum absolute atomic E-state index is 12.9. The topological polar surface area (TPSA) is 64.1 Å². The average Bonchev–Trinajstić information content (AvgIpc) is 3.15. The van der Waals surface area contributed by atoms with E-state index >= 15 is 0 Å². The quantitative estimate of drug-likeness (QED) is 0.665. The number of carbonyl (C=O) groups is 1. The van der Waals surface area contributed by atoms with Crippen molar-refractivity contribution in [3.05, 3.63) is 76.7 Å². The Hall–Kier alpha value is -3.42. The van der Waals surface area contributed by atoms with E-state index in [4.69, 9.17) is 4.74 Å². The molecule has 1 aromatic heterocycles. The number of fused-ring (bicyclic) bond motifs is 1. The summed E-state index contributed by atoms with van der Waals surface area (Å²) in [5.74, 6) is 0.150. The minimum absolute atomic E-state index is 0.0406. The first-order chi connectivity index (χ1) is 14.7. The molecule has 1 N–H and O–H groups in total. The summed E-state index contributed by atoms with van der Waals surface area (Å²) in [4.78, 5) is 21.2. The molecule has 2 heterocycles. The molecule has 2 aromatic carbocycles. The Balaban J connectivity index is 1.42. The van der Waals surface area contributed by atoms with Crippen LogP contribution in [0.1, 0.15) is 32.9 Å². The van der Waals surface area contributed by atoms with Crippen LogP contribution in [0.15, 0.2) is 48.7 Å². The zero-order valence-corrected chi connectivity index (χ0v) is 17.0. The molecule has 0 fully saturated rings. The second kappa shape index (κ2) is 8.02. The second-order valence-electron chi connectivity index (χ2n) is 7.50. The Morgan fingerprint density at radius 1 is 1.19 bits per heavy atom. The standard InChI is InChI=1S/C23H20F3N3O2/c1-13-11-27-14(2)21(29-13)15-6-7-20-17(8-15)10-19(31-20)12-28-22(30)16-4-3-5-18(9-16)23(24,25)26/h3-9,11,19H,10,12H2,1-2H3,(H,28,30). The molecule has 0 saturated heterocycles. The Morgan fingerprint density at radius 2 is 2.00 bits per heavy atom. The number of nitrogens with zero attached hydrogens (tertiary/aromatic N) is 2. The van der Waals surface area contributed by atoms with E-state index in [1.165, 1.54) is 12.1 Å². The molecule has 1 aliphatic heterocycles. The molecular weight excluding hydrogens is 407 g/mol. The number of aromatic nitrogens is 2. The Kier molecular flexibility index (Phi) is 5.39. The molecule has 1 atom stereocenters. The van der Waals surface area contributed by atoms with Crippen molar-refractivity contribution in [3.8, 4) is 17.0 Å². The van der Waals surface area contributed by atoms with Gasteiger partial charge in [0.25, 0.3) is 5.91 Å². The highest BCUT2D eigenvalue weighted by molar-refractivity contribution is 5.94. The lowest BCUT2D eigenvalue weighted by Gasteiger charge is -2.13. The summed E-state index contributed by atoms with van der Waals surface area (Å²) in [6.07, 6.45) is -2.50. The molecule has 0 bridgehead atoms. The lowest BCUT2D eigenvalue weighted by atomic mass is 10.0. The number of alkyl halides is 3. The van der Waals surface area contributed by atoms with Crippen LogP contribution in [0.2, 0.25) is 0 Å². The highest BCUT2D eigenvalue weighted by atomic mass is 19.4. The van der Waals surface area contributed by atoms with Gasteiger partial charge in [0, 0.05) is 23.7 Å². The molecule has 160 valence electrons. The summed E-state index contributed by atoms with van der Waals surface area (Å²) in [6, 6.07) is 10.1. The predicted molar refractivity (Wildman–Crippen MR) is 109 cm³/mol. The molecule has 5 nitrogen and oxygen atoms in total. The van der Waals surface area contributed by atoms with Crippen LogP contribution in [-0.2, 0) is 12.6 Å². The highest BCUT2D eigenvalue weighted by Crippen LogP contribution is 2.33. The summed E-state index contributed by atoms with van der Waals surface area (Å²) in [5.41, 5.74) is 3.49. The summed E-state index contributed by atoms with van der Waals surface area (Å²) in [6.45, 7) is 3.97. The predicted octanol–water partition coefficient (Wildman–Crippen LogP) is 4.51. The fraction of sp³-hybridized carbons (Fsp3) is 0.261. The van der Waals surface area contributed by atoms with Crippen LogP contribution in [0, 0.1) is 13.8 Å². The first-order valence-corrected chi connectivity index (χ1v) is 9.76. The van der Waals surface area contributed by atoms with Gasteiger partial charge in [-0.1, -0.05) is 6.07 Å². The van der Waals surface area contributed by atoms with Crippen molar-refractivity contribution in [1.29, 1.82) is 0 Å². The number of ether oxygens (including phenoxy) is 1. The van der Waals surface area contributed by atoms with Gasteiger partial charge in [-0.3, -0.25) is 9.78 Å². The van der Waals surface area contributed by atoms with Crippen LogP contribution in [-0.4, -0.2) is 28.5 Å². The zero-order chi connectivity index (χ0) is 22.2. The largest absolute Gasteiger partial charge is 0.488 e. The molecular formula is C23H20F3N3O2. The van der Waals surface area contributed by atoms with E-state index in [1.807, 2.05) is 32.0 Å². The van der Waals surface area contributed by atoms with E-state index in [9.17, 15) is 18.0 Å². The van der Waals surface area contributed by atoms with Crippen LogP contribution in [0.5, 0.6) is 5.75 Å². The van der Waals surface area contributed by atoms with Crippen LogP contribution >= 0.6 is 0 Å². The number of aryl methyl sites for hydroxylation is 2. The van der Waals surface area contributed by atoms with Gasteiger partial charge in [-0.05, 0) is 55.8 Å². The van der Waals surface area contributed by atoms with E-state index in [0.717, 1.165) is 46.1 Å². The van der Waals surface area contributed by atoms with Crippen LogP contribution in [0.25, 0.3) is 11.3 Å². The molecule has 3 aromatic rings. The minimum Gasteiger partial charge on any atom is -0.488 e. The molecule has 1 unspecified atom stereocenters. The zero-order valence-electron chi connectivity index (χ0n) is 17.0. The van der Waals surface area contributed by atoms with Gasteiger partial charge in [0.05, 0.1) is 29.2 Å². The van der Waals surface area contributed by atoms with Gasteiger partial charge in [-0.2, -0.15) is 13.2 Å². The Morgan fingerprint density at radius 3 is 2.77 bits per heavy atom. The monoisotopic (exact) mass is 427 g/mol. The first-order valence-electron chi connectivity index (χ1n) is 9.76. The van der Waals surface area contributed by atoms with Gasteiger partial charge in [0.15, 0.2) is 0 Å². The Bertz CT molecular complexity index is 1150. The Labute approximate surface area is 177 Å². The molecule has 0 radical (unpaired) electrons.